The van der Waals surface area contributed by atoms with Crippen molar-refractivity contribution in [2.45, 2.75) is 13.3 Å². The number of thiocarbonyl (C=S) groups is 1. The monoisotopic (exact) mass is 367 g/mol. The molecule has 1 saturated heterocycles. The summed E-state index contributed by atoms with van der Waals surface area (Å²) in [5.41, 5.74) is 5.84. The Morgan fingerprint density at radius 3 is 2.64 bits per heavy atom. The lowest BCUT2D eigenvalue weighted by Gasteiger charge is -2.23. The molecule has 138 valence electrons. The first kappa shape index (κ1) is 19.4. The van der Waals surface area contributed by atoms with Crippen molar-refractivity contribution < 1.29 is 19.2 Å². The van der Waals surface area contributed by atoms with Crippen LogP contribution in [0.4, 0.5) is 0 Å². The highest BCUT2D eigenvalue weighted by Gasteiger charge is 2.12. The minimum Gasteiger partial charge on any atom is -0.494 e. The van der Waals surface area contributed by atoms with Crippen LogP contribution in [0.25, 0.3) is 0 Å². The average molecular weight is 367 g/mol. The highest BCUT2D eigenvalue weighted by atomic mass is 32.1. The third kappa shape index (κ3) is 7.25. The fraction of sp³-hybridized carbons (Fsp3) is 0.529. The van der Waals surface area contributed by atoms with Gasteiger partial charge in [-0.25, -0.2) is 0 Å². The van der Waals surface area contributed by atoms with E-state index in [1.165, 1.54) is 0 Å². The molecule has 1 aliphatic rings. The predicted octanol–water partition coefficient (Wildman–Crippen LogP) is -0.501. The zero-order chi connectivity index (χ0) is 17.9. The molecule has 2 rings (SSSR count). The van der Waals surface area contributed by atoms with Crippen LogP contribution in [0.1, 0.15) is 23.7 Å². The third-order valence-corrected chi connectivity index (χ3v) is 4.16. The van der Waals surface area contributed by atoms with Crippen molar-refractivity contribution >= 4 is 23.2 Å². The van der Waals surface area contributed by atoms with Crippen molar-refractivity contribution in [2.75, 3.05) is 46.0 Å². The molecule has 1 amide bonds. The van der Waals surface area contributed by atoms with Crippen LogP contribution in [0, 0.1) is 0 Å². The maximum Gasteiger partial charge on any atom is 0.269 e. The van der Waals surface area contributed by atoms with Gasteiger partial charge in [0, 0.05) is 18.5 Å². The maximum atomic E-state index is 12.0. The number of quaternary nitrogens is 1. The summed E-state index contributed by atoms with van der Waals surface area (Å²) in [4.78, 5) is 13.6. The molecule has 1 aromatic rings. The first-order valence-corrected chi connectivity index (χ1v) is 9.08. The minimum atomic E-state index is -0.245. The first-order valence-electron chi connectivity index (χ1n) is 8.67. The topological polar surface area (TPSA) is 76.1 Å². The van der Waals surface area contributed by atoms with Crippen molar-refractivity contribution in [2.24, 2.45) is 0 Å². The standard InChI is InChI=1S/C17H26N4O3S/c1-2-24-15-6-4-14(5-7-15)16(22)19-20-17(25)18-8-3-9-21-10-12-23-13-11-21/h4-7H,2-3,8-13H2,1H3,(H,19,22)(H2,18,20,25)/p+1. The Balaban J connectivity index is 1.59. The molecule has 1 heterocycles. The second kappa shape index (κ2) is 10.9. The van der Waals surface area contributed by atoms with Crippen LogP contribution in [0.2, 0.25) is 0 Å². The van der Waals surface area contributed by atoms with Crippen molar-refractivity contribution in [1.82, 2.24) is 16.2 Å². The highest BCUT2D eigenvalue weighted by Crippen LogP contribution is 2.11. The van der Waals surface area contributed by atoms with Crippen molar-refractivity contribution in [3.05, 3.63) is 29.8 Å². The van der Waals surface area contributed by atoms with Gasteiger partial charge in [-0.2, -0.15) is 0 Å². The minimum absolute atomic E-state index is 0.245. The Morgan fingerprint density at radius 1 is 1.24 bits per heavy atom. The van der Waals surface area contributed by atoms with Crippen molar-refractivity contribution in [1.29, 1.82) is 0 Å². The third-order valence-electron chi connectivity index (χ3n) is 3.91. The Hall–Kier alpha value is -1.90. The summed E-state index contributed by atoms with van der Waals surface area (Å²) in [6.45, 7) is 8.22. The van der Waals surface area contributed by atoms with Gasteiger partial charge >= 0.3 is 0 Å². The van der Waals surface area contributed by atoms with E-state index in [0.717, 1.165) is 51.6 Å². The normalized spacial score (nSPS) is 14.6. The smallest absolute Gasteiger partial charge is 0.269 e. The van der Waals surface area contributed by atoms with Crippen LogP contribution in [0.5, 0.6) is 5.75 Å². The van der Waals surface area contributed by atoms with E-state index in [9.17, 15) is 4.79 Å². The number of nitrogens with one attached hydrogen (secondary N) is 4. The van der Waals surface area contributed by atoms with Crippen LogP contribution in [0.3, 0.4) is 0 Å². The van der Waals surface area contributed by atoms with Gasteiger partial charge in [-0.05, 0) is 43.4 Å². The molecule has 0 aliphatic carbocycles. The van der Waals surface area contributed by atoms with Crippen molar-refractivity contribution in [3.63, 3.8) is 0 Å². The van der Waals surface area contributed by atoms with E-state index in [1.807, 2.05) is 6.92 Å². The maximum absolute atomic E-state index is 12.0. The molecule has 4 N–H and O–H groups in total. The molecule has 1 aliphatic heterocycles. The molecule has 0 unspecified atom stereocenters. The lowest BCUT2D eigenvalue weighted by Crippen LogP contribution is -3.14. The fourth-order valence-corrected chi connectivity index (χ4v) is 2.70. The number of carbonyl (C=O) groups excluding carboxylic acids is 1. The summed E-state index contributed by atoms with van der Waals surface area (Å²) < 4.78 is 10.7. The largest absolute Gasteiger partial charge is 0.494 e. The van der Waals surface area contributed by atoms with E-state index in [0.29, 0.717) is 17.3 Å². The molecule has 7 nitrogen and oxygen atoms in total. The number of amides is 1. The molecule has 8 heteroatoms. The SMILES string of the molecule is CCOc1ccc(C(=O)NNC(=S)NCCC[NH+]2CCOCC2)cc1. The number of rotatable bonds is 7. The second-order valence-electron chi connectivity index (χ2n) is 5.76. The number of hydrogen-bond acceptors (Lipinski definition) is 4. The number of hydrogen-bond donors (Lipinski definition) is 4. The molecule has 0 bridgehead atoms. The summed E-state index contributed by atoms with van der Waals surface area (Å²) in [7, 11) is 0. The van der Waals surface area contributed by atoms with Gasteiger partial charge in [-0.3, -0.25) is 15.6 Å². The summed E-state index contributed by atoms with van der Waals surface area (Å²) in [6, 6.07) is 6.96. The van der Waals surface area contributed by atoms with Gasteiger partial charge in [0.15, 0.2) is 5.11 Å². The number of ether oxygens (including phenoxy) is 2. The predicted molar refractivity (Wildman–Crippen MR) is 99.8 cm³/mol. The molecule has 0 aromatic heterocycles. The number of morpholine rings is 1. The highest BCUT2D eigenvalue weighted by molar-refractivity contribution is 7.80. The summed E-state index contributed by atoms with van der Waals surface area (Å²) in [5, 5.41) is 3.51. The van der Waals surface area contributed by atoms with Crippen LogP contribution in [0.15, 0.2) is 24.3 Å². The van der Waals surface area contributed by atoms with Crippen LogP contribution < -0.4 is 25.8 Å². The van der Waals surface area contributed by atoms with Gasteiger partial charge < -0.3 is 19.7 Å². The summed E-state index contributed by atoms with van der Waals surface area (Å²) in [5.74, 6) is 0.497. The Kier molecular flexibility index (Phi) is 8.44. The zero-order valence-corrected chi connectivity index (χ0v) is 15.4. The van der Waals surface area contributed by atoms with E-state index < -0.39 is 0 Å². The molecule has 0 saturated carbocycles. The van der Waals surface area contributed by atoms with Gasteiger partial charge in [0.1, 0.15) is 18.8 Å². The molecule has 0 atom stereocenters. The van der Waals surface area contributed by atoms with Gasteiger partial charge in [-0.1, -0.05) is 0 Å². The number of carbonyl (C=O) groups is 1. The molecule has 0 radical (unpaired) electrons. The molecule has 1 aromatic carbocycles. The lowest BCUT2D eigenvalue weighted by atomic mass is 10.2. The van der Waals surface area contributed by atoms with Gasteiger partial charge in [0.25, 0.3) is 5.91 Å². The molecular weight excluding hydrogens is 340 g/mol. The molecular formula is C17H27N4O3S+. The van der Waals surface area contributed by atoms with E-state index in [-0.39, 0.29) is 5.91 Å². The first-order chi connectivity index (χ1) is 12.2. The van der Waals surface area contributed by atoms with E-state index in [2.05, 4.69) is 16.2 Å². The zero-order valence-electron chi connectivity index (χ0n) is 14.6. The van der Waals surface area contributed by atoms with E-state index in [4.69, 9.17) is 21.7 Å². The number of hydrazine groups is 1. The van der Waals surface area contributed by atoms with Gasteiger partial charge in [0.2, 0.25) is 0 Å². The summed E-state index contributed by atoms with van der Waals surface area (Å²) >= 11 is 5.16. The lowest BCUT2D eigenvalue weighted by molar-refractivity contribution is -0.908. The summed E-state index contributed by atoms with van der Waals surface area (Å²) in [6.07, 6.45) is 1.02. The Bertz CT molecular complexity index is 547. The number of benzene rings is 1. The molecule has 1 fully saturated rings. The second-order valence-corrected chi connectivity index (χ2v) is 6.17. The fourth-order valence-electron chi connectivity index (χ4n) is 2.55. The molecule has 25 heavy (non-hydrogen) atoms. The quantitative estimate of drug-likeness (QED) is 0.296. The van der Waals surface area contributed by atoms with Gasteiger partial charge in [0.05, 0.1) is 26.4 Å². The van der Waals surface area contributed by atoms with Crippen LogP contribution >= 0.6 is 12.2 Å². The molecule has 0 spiro atoms. The van der Waals surface area contributed by atoms with Crippen LogP contribution in [-0.4, -0.2) is 57.0 Å². The van der Waals surface area contributed by atoms with Gasteiger partial charge in [-0.15, -0.1) is 0 Å². The average Bonchev–Trinajstić information content (AvgIpc) is 2.65. The Labute approximate surface area is 154 Å². The van der Waals surface area contributed by atoms with E-state index >= 15 is 0 Å². The van der Waals surface area contributed by atoms with Crippen molar-refractivity contribution in [3.8, 4) is 5.75 Å². The van der Waals surface area contributed by atoms with E-state index in [1.54, 1.807) is 29.2 Å². The Morgan fingerprint density at radius 2 is 1.96 bits per heavy atom. The van der Waals surface area contributed by atoms with Crippen LogP contribution in [-0.2, 0) is 4.74 Å².